The Balaban J connectivity index is 2.13. The Kier molecular flexibility index (Phi) is 5.78. The molecule has 0 saturated heterocycles. The number of hydrogen-bond acceptors (Lipinski definition) is 4. The van der Waals surface area contributed by atoms with Gasteiger partial charge in [0, 0.05) is 5.75 Å². The van der Waals surface area contributed by atoms with Gasteiger partial charge in [0.15, 0.2) is 0 Å². The normalized spacial score (nSPS) is 12.8. The van der Waals surface area contributed by atoms with Crippen molar-refractivity contribution in [2.24, 2.45) is 0 Å². The first-order valence-corrected chi connectivity index (χ1v) is 7.67. The smallest absolute Gasteiger partial charge is 0.107 e. The van der Waals surface area contributed by atoms with E-state index >= 15 is 0 Å². The molecule has 0 fully saturated rings. The van der Waals surface area contributed by atoms with Crippen LogP contribution in [0.1, 0.15) is 12.5 Å². The molecular weight excluding hydrogens is 220 g/mol. The van der Waals surface area contributed by atoms with Gasteiger partial charge in [-0.2, -0.15) is 0 Å². The van der Waals surface area contributed by atoms with E-state index in [1.807, 2.05) is 18.2 Å². The fourth-order valence-corrected chi connectivity index (χ4v) is 4.31. The second kappa shape index (κ2) is 6.65. The van der Waals surface area contributed by atoms with Gasteiger partial charge in [0.25, 0.3) is 0 Å². The van der Waals surface area contributed by atoms with E-state index in [4.69, 9.17) is 5.11 Å². The van der Waals surface area contributed by atoms with Gasteiger partial charge in [0.05, 0.1) is 0 Å². The van der Waals surface area contributed by atoms with Crippen LogP contribution in [0.3, 0.4) is 0 Å². The molecule has 1 atom stereocenters. The topological polar surface area (TPSA) is 20.2 Å². The van der Waals surface area contributed by atoms with Gasteiger partial charge in [-0.05, 0) is 22.3 Å². The Hall–Kier alpha value is 0.230. The minimum absolute atomic E-state index is 0.284. The number of rotatable bonds is 5. The molecule has 1 unspecified atom stereocenters. The summed E-state index contributed by atoms with van der Waals surface area (Å²) in [6.45, 7) is 1.78. The minimum atomic E-state index is -0.284. The summed E-state index contributed by atoms with van der Waals surface area (Å²) in [6.07, 6.45) is 0. The van der Waals surface area contributed by atoms with Crippen LogP contribution in [0, 0.1) is 0 Å². The van der Waals surface area contributed by atoms with E-state index in [2.05, 4.69) is 12.1 Å². The first kappa shape index (κ1) is 11.3. The molecule has 0 heterocycles. The highest BCUT2D eigenvalue weighted by molar-refractivity contribution is 9.09. The molecule has 72 valence electrons. The lowest BCUT2D eigenvalue weighted by Crippen LogP contribution is -1.86. The van der Waals surface area contributed by atoms with Crippen LogP contribution in [0.5, 0.6) is 0 Å². The molecule has 13 heavy (non-hydrogen) atoms. The van der Waals surface area contributed by atoms with E-state index in [9.17, 15) is 0 Å². The average Bonchev–Trinajstić information content (AvgIpc) is 2.14. The summed E-state index contributed by atoms with van der Waals surface area (Å²) in [5, 5.41) is 8.98. The molecule has 0 spiro atoms. The van der Waals surface area contributed by atoms with E-state index in [1.165, 1.54) is 16.4 Å². The molecule has 0 aromatic heterocycles. The van der Waals surface area contributed by atoms with Crippen molar-refractivity contribution in [3.05, 3.63) is 35.9 Å². The lowest BCUT2D eigenvalue weighted by Gasteiger charge is -2.02. The maximum atomic E-state index is 8.98. The van der Waals surface area contributed by atoms with Crippen molar-refractivity contribution in [1.82, 2.24) is 0 Å². The third kappa shape index (κ3) is 5.52. The molecule has 1 N–H and O–H groups in total. The van der Waals surface area contributed by atoms with Crippen LogP contribution in [0.25, 0.3) is 0 Å². The van der Waals surface area contributed by atoms with E-state index in [0.29, 0.717) is 0 Å². The van der Waals surface area contributed by atoms with Crippen molar-refractivity contribution in [3.8, 4) is 0 Å². The quantitative estimate of drug-likeness (QED) is 0.475. The van der Waals surface area contributed by atoms with Crippen LogP contribution in [0.15, 0.2) is 30.3 Å². The first-order valence-electron chi connectivity index (χ1n) is 3.96. The van der Waals surface area contributed by atoms with Crippen molar-refractivity contribution in [2.45, 2.75) is 18.1 Å². The standard InChI is InChI=1S/C9H12OS3/c1-8(10)12-13-11-7-9-5-3-2-4-6-9/h2-6,8,10H,7H2,1H3. The maximum Gasteiger partial charge on any atom is 0.107 e. The Morgan fingerprint density at radius 2 is 2.00 bits per heavy atom. The zero-order chi connectivity index (χ0) is 9.52. The highest BCUT2D eigenvalue weighted by atomic mass is 33.5. The Bertz CT molecular complexity index is 226. The van der Waals surface area contributed by atoms with Gasteiger partial charge in [-0.15, -0.1) is 0 Å². The molecule has 0 aliphatic carbocycles. The monoisotopic (exact) mass is 232 g/mol. The molecule has 0 bridgehead atoms. The second-order valence-corrected chi connectivity index (χ2v) is 6.96. The molecule has 4 heteroatoms. The fraction of sp³-hybridized carbons (Fsp3) is 0.333. The minimum Gasteiger partial charge on any atom is -0.382 e. The van der Waals surface area contributed by atoms with Crippen LogP contribution < -0.4 is 0 Å². The van der Waals surface area contributed by atoms with E-state index < -0.39 is 0 Å². The predicted molar refractivity (Wildman–Crippen MR) is 64.6 cm³/mol. The molecule has 0 aliphatic heterocycles. The number of aliphatic hydroxyl groups is 1. The molecule has 0 radical (unpaired) electrons. The zero-order valence-electron chi connectivity index (χ0n) is 7.34. The Morgan fingerprint density at radius 1 is 1.31 bits per heavy atom. The average molecular weight is 232 g/mol. The lowest BCUT2D eigenvalue weighted by atomic mass is 10.2. The summed E-state index contributed by atoms with van der Waals surface area (Å²) in [7, 11) is 4.88. The summed E-state index contributed by atoms with van der Waals surface area (Å²) < 4.78 is 0. The van der Waals surface area contributed by atoms with Gasteiger partial charge in [0.2, 0.25) is 0 Å². The van der Waals surface area contributed by atoms with Gasteiger partial charge < -0.3 is 5.11 Å². The third-order valence-corrected chi connectivity index (χ3v) is 5.49. The van der Waals surface area contributed by atoms with E-state index in [1.54, 1.807) is 27.5 Å². The van der Waals surface area contributed by atoms with Crippen LogP contribution in [0.2, 0.25) is 0 Å². The van der Waals surface area contributed by atoms with Crippen molar-refractivity contribution in [3.63, 3.8) is 0 Å². The van der Waals surface area contributed by atoms with E-state index in [0.717, 1.165) is 5.75 Å². The van der Waals surface area contributed by atoms with Crippen LogP contribution in [-0.4, -0.2) is 10.5 Å². The molecule has 1 nitrogen and oxygen atoms in total. The third-order valence-electron chi connectivity index (χ3n) is 1.30. The van der Waals surface area contributed by atoms with Crippen molar-refractivity contribution in [2.75, 3.05) is 0 Å². The Morgan fingerprint density at radius 3 is 2.62 bits per heavy atom. The molecular formula is C9H12OS3. The van der Waals surface area contributed by atoms with Gasteiger partial charge >= 0.3 is 0 Å². The molecule has 0 saturated carbocycles. The molecule has 1 aromatic carbocycles. The molecule has 1 rings (SSSR count). The van der Waals surface area contributed by atoms with Crippen molar-refractivity contribution >= 4 is 31.4 Å². The number of benzene rings is 1. The Labute approximate surface area is 90.5 Å². The summed E-state index contributed by atoms with van der Waals surface area (Å²) >= 11 is 0. The number of aliphatic hydroxyl groups excluding tert-OH is 1. The largest absolute Gasteiger partial charge is 0.382 e. The summed E-state index contributed by atoms with van der Waals surface area (Å²) in [5.41, 5.74) is 1.04. The van der Waals surface area contributed by atoms with Gasteiger partial charge in [-0.25, -0.2) is 0 Å². The van der Waals surface area contributed by atoms with Crippen LogP contribution >= 0.6 is 31.4 Å². The predicted octanol–water partition coefficient (Wildman–Crippen LogP) is 3.55. The van der Waals surface area contributed by atoms with Gasteiger partial charge in [-0.3, -0.25) is 0 Å². The van der Waals surface area contributed by atoms with E-state index in [-0.39, 0.29) is 5.44 Å². The molecule has 0 amide bonds. The zero-order valence-corrected chi connectivity index (χ0v) is 9.79. The summed E-state index contributed by atoms with van der Waals surface area (Å²) in [6, 6.07) is 10.3. The summed E-state index contributed by atoms with van der Waals surface area (Å²) in [4.78, 5) is 0. The SMILES string of the molecule is CC(O)SSSCc1ccccc1. The fourth-order valence-electron chi connectivity index (χ4n) is 0.751. The molecule has 1 aromatic rings. The van der Waals surface area contributed by atoms with Gasteiger partial charge in [-0.1, -0.05) is 51.9 Å². The first-order chi connectivity index (χ1) is 6.29. The van der Waals surface area contributed by atoms with Crippen molar-refractivity contribution in [1.29, 1.82) is 0 Å². The lowest BCUT2D eigenvalue weighted by molar-refractivity contribution is 0.285. The highest BCUT2D eigenvalue weighted by Gasteiger charge is 1.97. The second-order valence-electron chi connectivity index (χ2n) is 2.51. The van der Waals surface area contributed by atoms with Crippen molar-refractivity contribution < 1.29 is 5.11 Å². The van der Waals surface area contributed by atoms with Gasteiger partial charge in [0.1, 0.15) is 5.44 Å². The maximum absolute atomic E-state index is 8.98. The van der Waals surface area contributed by atoms with Crippen LogP contribution in [-0.2, 0) is 5.75 Å². The highest BCUT2D eigenvalue weighted by Crippen LogP contribution is 2.38. The number of hydrogen-bond donors (Lipinski definition) is 1. The summed E-state index contributed by atoms with van der Waals surface area (Å²) in [5.74, 6) is 0.991. The molecule has 0 aliphatic rings. The van der Waals surface area contributed by atoms with Crippen LogP contribution in [0.4, 0.5) is 0 Å².